The van der Waals surface area contributed by atoms with Crippen LogP contribution in [0.4, 0.5) is 24.7 Å². The molecule has 2 N–H and O–H groups in total. The lowest BCUT2D eigenvalue weighted by atomic mass is 10.1. The topological polar surface area (TPSA) is 124 Å². The van der Waals surface area contributed by atoms with Crippen LogP contribution in [0.15, 0.2) is 29.2 Å². The largest absolute Gasteiger partial charge is 0.476 e. The first-order chi connectivity index (χ1) is 16.5. The van der Waals surface area contributed by atoms with Gasteiger partial charge in [-0.25, -0.2) is 23.5 Å². The van der Waals surface area contributed by atoms with Crippen LogP contribution in [-0.2, 0) is 0 Å². The van der Waals surface area contributed by atoms with Crippen molar-refractivity contribution in [1.29, 1.82) is 5.26 Å². The Bertz CT molecular complexity index is 1420. The summed E-state index contributed by atoms with van der Waals surface area (Å²) in [6.45, 7) is 3.29. The van der Waals surface area contributed by atoms with Gasteiger partial charge in [0.2, 0.25) is 5.95 Å². The summed E-state index contributed by atoms with van der Waals surface area (Å²) < 4.78 is 42.1. The van der Waals surface area contributed by atoms with Crippen LogP contribution in [-0.4, -0.2) is 44.5 Å². The highest BCUT2D eigenvalue weighted by molar-refractivity contribution is 5.92. The minimum absolute atomic E-state index is 0.0278. The normalized spacial score (nSPS) is 16.1. The van der Waals surface area contributed by atoms with Crippen LogP contribution >= 0.6 is 0 Å². The number of carboxylic acids is 1. The van der Waals surface area contributed by atoms with Crippen molar-refractivity contribution in [2.45, 2.75) is 38.7 Å². The van der Waals surface area contributed by atoms with Crippen molar-refractivity contribution in [3.8, 4) is 6.07 Å². The predicted octanol–water partition coefficient (Wildman–Crippen LogP) is 3.52. The first-order valence-corrected chi connectivity index (χ1v) is 10.8. The molecule has 1 atom stereocenters. The molecule has 3 aromatic heterocycles. The highest BCUT2D eigenvalue weighted by Gasteiger charge is 2.35. The number of anilines is 2. The summed E-state index contributed by atoms with van der Waals surface area (Å²) in [7, 11) is 0. The Kier molecular flexibility index (Phi) is 6.10. The van der Waals surface area contributed by atoms with Crippen molar-refractivity contribution < 1.29 is 23.1 Å². The third kappa shape index (κ3) is 4.62. The number of fused-ring (bicyclic) bond motifs is 1. The fraction of sp³-hybridized carbons (Fsp3) is 0.348. The van der Waals surface area contributed by atoms with E-state index in [-0.39, 0.29) is 35.8 Å². The maximum absolute atomic E-state index is 13.7. The zero-order chi connectivity index (χ0) is 25.5. The van der Waals surface area contributed by atoms with Crippen LogP contribution < -0.4 is 15.8 Å². The SMILES string of the molecule is Cc1cc([C@H](C)Nc2ccc(F)nc2C(=O)O)c2nc(N3CCC(F)(F)CC3)c(C#N)c(=O)n2c1. The van der Waals surface area contributed by atoms with Gasteiger partial charge in [-0.3, -0.25) is 9.20 Å². The number of carboxylic acid groups (broad SMARTS) is 1. The molecule has 1 saturated heterocycles. The number of nitrogens with one attached hydrogen (secondary N) is 1. The van der Waals surface area contributed by atoms with E-state index < -0.39 is 48.0 Å². The molecule has 182 valence electrons. The smallest absolute Gasteiger partial charge is 0.356 e. The first-order valence-electron chi connectivity index (χ1n) is 10.8. The van der Waals surface area contributed by atoms with Gasteiger partial charge in [0.05, 0.1) is 11.7 Å². The second kappa shape index (κ2) is 8.90. The number of pyridine rings is 2. The van der Waals surface area contributed by atoms with Gasteiger partial charge in [-0.15, -0.1) is 0 Å². The molecule has 0 amide bonds. The van der Waals surface area contributed by atoms with Crippen LogP contribution in [0.5, 0.6) is 0 Å². The quantitative estimate of drug-likeness (QED) is 0.525. The summed E-state index contributed by atoms with van der Waals surface area (Å²) in [6.07, 6.45) is 0.665. The Balaban J connectivity index is 1.83. The molecule has 0 aromatic carbocycles. The number of nitriles is 1. The molecule has 1 aliphatic heterocycles. The van der Waals surface area contributed by atoms with Crippen molar-refractivity contribution in [1.82, 2.24) is 14.4 Å². The van der Waals surface area contributed by atoms with E-state index >= 15 is 0 Å². The lowest BCUT2D eigenvalue weighted by Gasteiger charge is -2.33. The van der Waals surface area contributed by atoms with Gasteiger partial charge in [0.1, 0.15) is 11.7 Å². The van der Waals surface area contributed by atoms with Gasteiger partial charge in [0.15, 0.2) is 17.1 Å². The number of alkyl halides is 2. The summed E-state index contributed by atoms with van der Waals surface area (Å²) in [5.41, 5.74) is -0.0247. The van der Waals surface area contributed by atoms with Crippen molar-refractivity contribution in [3.63, 3.8) is 0 Å². The number of aryl methyl sites for hydroxylation is 1. The number of hydrogen-bond acceptors (Lipinski definition) is 7. The van der Waals surface area contributed by atoms with Crippen LogP contribution in [0.1, 0.15) is 53.0 Å². The molecule has 4 heterocycles. The zero-order valence-corrected chi connectivity index (χ0v) is 18.8. The summed E-state index contributed by atoms with van der Waals surface area (Å²) in [5.74, 6) is -5.16. The number of halogens is 3. The number of aromatic nitrogens is 3. The first kappa shape index (κ1) is 24.0. The highest BCUT2D eigenvalue weighted by atomic mass is 19.3. The van der Waals surface area contributed by atoms with Gasteiger partial charge in [0.25, 0.3) is 11.5 Å². The van der Waals surface area contributed by atoms with Gasteiger partial charge < -0.3 is 15.3 Å². The highest BCUT2D eigenvalue weighted by Crippen LogP contribution is 2.32. The molecule has 4 rings (SSSR count). The molecule has 0 radical (unpaired) electrons. The van der Waals surface area contributed by atoms with Crippen molar-refractivity contribution in [2.24, 2.45) is 0 Å². The van der Waals surface area contributed by atoms with Gasteiger partial charge in [0, 0.05) is 37.7 Å². The van der Waals surface area contributed by atoms with Gasteiger partial charge >= 0.3 is 5.97 Å². The van der Waals surface area contributed by atoms with E-state index in [2.05, 4.69) is 15.3 Å². The summed E-state index contributed by atoms with van der Waals surface area (Å²) >= 11 is 0. The minimum Gasteiger partial charge on any atom is -0.476 e. The van der Waals surface area contributed by atoms with E-state index in [0.29, 0.717) is 11.1 Å². The Morgan fingerprint density at radius 2 is 1.97 bits per heavy atom. The van der Waals surface area contributed by atoms with Crippen LogP contribution in [0.25, 0.3) is 5.65 Å². The average Bonchev–Trinajstić information content (AvgIpc) is 2.80. The Labute approximate surface area is 197 Å². The summed E-state index contributed by atoms with van der Waals surface area (Å²) in [5, 5.41) is 22.0. The lowest BCUT2D eigenvalue weighted by molar-refractivity contribution is -0.0221. The molecule has 3 aromatic rings. The fourth-order valence-corrected chi connectivity index (χ4v) is 4.11. The van der Waals surface area contributed by atoms with Crippen molar-refractivity contribution in [2.75, 3.05) is 23.3 Å². The van der Waals surface area contributed by atoms with Crippen LogP contribution in [0.2, 0.25) is 0 Å². The van der Waals surface area contributed by atoms with E-state index in [1.54, 1.807) is 19.9 Å². The third-order valence-corrected chi connectivity index (χ3v) is 5.88. The van der Waals surface area contributed by atoms with Gasteiger partial charge in [-0.2, -0.15) is 9.65 Å². The van der Waals surface area contributed by atoms with E-state index in [1.807, 2.05) is 6.07 Å². The number of carbonyl (C=O) groups is 1. The molecular formula is C23H21F3N6O3. The molecule has 0 saturated carbocycles. The third-order valence-electron chi connectivity index (χ3n) is 5.88. The van der Waals surface area contributed by atoms with Crippen molar-refractivity contribution in [3.05, 3.63) is 63.1 Å². The Hall–Kier alpha value is -4.14. The lowest BCUT2D eigenvalue weighted by Crippen LogP contribution is -2.41. The average molecular weight is 486 g/mol. The maximum atomic E-state index is 13.7. The van der Waals surface area contributed by atoms with E-state index in [0.717, 1.165) is 6.07 Å². The van der Waals surface area contributed by atoms with E-state index in [9.17, 15) is 33.1 Å². The number of aromatic carboxylic acids is 1. The summed E-state index contributed by atoms with van der Waals surface area (Å²) in [6, 6.07) is 5.22. The molecule has 1 fully saturated rings. The monoisotopic (exact) mass is 486 g/mol. The number of hydrogen-bond donors (Lipinski definition) is 2. The fourth-order valence-electron chi connectivity index (χ4n) is 4.11. The van der Waals surface area contributed by atoms with Gasteiger partial charge in [-0.1, -0.05) is 0 Å². The summed E-state index contributed by atoms with van der Waals surface area (Å²) in [4.78, 5) is 34.2. The second-order valence-corrected chi connectivity index (χ2v) is 8.44. The minimum atomic E-state index is -2.82. The zero-order valence-electron chi connectivity index (χ0n) is 18.8. The molecule has 0 unspecified atom stereocenters. The van der Waals surface area contributed by atoms with E-state index in [1.165, 1.54) is 21.6 Å². The standard InChI is InChI=1S/C23H21F3N6O3/c1-12-9-14(13(2)28-16-3-4-17(24)29-18(16)22(34)35)20-30-19(15(10-27)21(33)32(20)11-12)31-7-5-23(25,26)6-8-31/h3-4,9,11,13,28H,5-8H2,1-2H3,(H,34,35)/t13-/m0/s1. The molecule has 9 nitrogen and oxygen atoms in total. The Morgan fingerprint density at radius 3 is 2.60 bits per heavy atom. The Morgan fingerprint density at radius 1 is 1.29 bits per heavy atom. The number of piperidine rings is 1. The molecule has 35 heavy (non-hydrogen) atoms. The van der Waals surface area contributed by atoms with E-state index in [4.69, 9.17) is 0 Å². The number of nitrogens with zero attached hydrogens (tertiary/aromatic N) is 5. The predicted molar refractivity (Wildman–Crippen MR) is 121 cm³/mol. The van der Waals surface area contributed by atoms with Crippen LogP contribution in [0, 0.1) is 24.2 Å². The maximum Gasteiger partial charge on any atom is 0.356 e. The second-order valence-electron chi connectivity index (χ2n) is 8.44. The van der Waals surface area contributed by atoms with Gasteiger partial charge in [-0.05, 0) is 37.6 Å². The molecule has 12 heteroatoms. The number of rotatable bonds is 5. The molecule has 1 aliphatic rings. The van der Waals surface area contributed by atoms with Crippen molar-refractivity contribution >= 4 is 23.1 Å². The molecule has 0 spiro atoms. The molecule has 0 bridgehead atoms. The van der Waals surface area contributed by atoms with Crippen LogP contribution in [0.3, 0.4) is 0 Å². The molecule has 0 aliphatic carbocycles. The molecular weight excluding hydrogens is 465 g/mol.